The fourth-order valence-corrected chi connectivity index (χ4v) is 3.48. The topological polar surface area (TPSA) is 32.3 Å². The average Bonchev–Trinajstić information content (AvgIpc) is 2.80. The zero-order chi connectivity index (χ0) is 15.2. The molecule has 0 aliphatic carbocycles. The average molecular weight is 284 g/mol. The SMILES string of the molecule is C=C1CCC(N2Cc3cccc(C(C)(C)C)c3C2)C(=O)N1. The predicted molar refractivity (Wildman–Crippen MR) is 84.7 cm³/mol. The summed E-state index contributed by atoms with van der Waals surface area (Å²) in [5.74, 6) is 0.108. The summed E-state index contributed by atoms with van der Waals surface area (Å²) in [6.07, 6.45) is 1.76. The monoisotopic (exact) mass is 284 g/mol. The lowest BCUT2D eigenvalue weighted by atomic mass is 9.83. The Balaban J connectivity index is 1.85. The Hall–Kier alpha value is -1.61. The number of rotatable bonds is 1. The quantitative estimate of drug-likeness (QED) is 0.859. The lowest BCUT2D eigenvalue weighted by molar-refractivity contribution is -0.127. The van der Waals surface area contributed by atoms with Crippen molar-refractivity contribution in [2.24, 2.45) is 0 Å². The molecule has 3 rings (SSSR count). The van der Waals surface area contributed by atoms with E-state index in [4.69, 9.17) is 0 Å². The molecule has 0 radical (unpaired) electrons. The first-order chi connectivity index (χ1) is 9.86. The lowest BCUT2D eigenvalue weighted by Crippen LogP contribution is -2.47. The van der Waals surface area contributed by atoms with Crippen LogP contribution in [-0.2, 0) is 23.3 Å². The van der Waals surface area contributed by atoms with Gasteiger partial charge in [0, 0.05) is 18.8 Å². The molecule has 3 nitrogen and oxygen atoms in total. The summed E-state index contributed by atoms with van der Waals surface area (Å²) in [5, 5.41) is 2.90. The number of amides is 1. The van der Waals surface area contributed by atoms with Crippen molar-refractivity contribution in [2.75, 3.05) is 0 Å². The maximum absolute atomic E-state index is 12.2. The van der Waals surface area contributed by atoms with E-state index in [-0.39, 0.29) is 17.4 Å². The Bertz CT molecular complexity index is 598. The fraction of sp³-hybridized carbons (Fsp3) is 0.500. The third kappa shape index (κ3) is 2.62. The van der Waals surface area contributed by atoms with Crippen LogP contribution in [0.4, 0.5) is 0 Å². The summed E-state index contributed by atoms with van der Waals surface area (Å²) in [7, 11) is 0. The first-order valence-electron chi connectivity index (χ1n) is 7.70. The normalized spacial score (nSPS) is 23.1. The van der Waals surface area contributed by atoms with Gasteiger partial charge < -0.3 is 5.32 Å². The molecular formula is C18H24N2O. The Morgan fingerprint density at radius 2 is 2.05 bits per heavy atom. The van der Waals surface area contributed by atoms with Crippen molar-refractivity contribution < 1.29 is 4.79 Å². The van der Waals surface area contributed by atoms with Gasteiger partial charge in [0.25, 0.3) is 0 Å². The summed E-state index contributed by atoms with van der Waals surface area (Å²) in [5.41, 5.74) is 5.19. The highest BCUT2D eigenvalue weighted by atomic mass is 16.2. The molecule has 21 heavy (non-hydrogen) atoms. The predicted octanol–water partition coefficient (Wildman–Crippen LogP) is 3.09. The van der Waals surface area contributed by atoms with Crippen LogP contribution >= 0.6 is 0 Å². The Morgan fingerprint density at radius 1 is 1.29 bits per heavy atom. The molecule has 1 N–H and O–H groups in total. The fourth-order valence-electron chi connectivity index (χ4n) is 3.48. The highest BCUT2D eigenvalue weighted by molar-refractivity contribution is 5.84. The van der Waals surface area contributed by atoms with Crippen LogP contribution in [0.15, 0.2) is 30.5 Å². The highest BCUT2D eigenvalue weighted by Gasteiger charge is 2.35. The number of piperidine rings is 1. The van der Waals surface area contributed by atoms with Gasteiger partial charge in [0.1, 0.15) is 0 Å². The number of fused-ring (bicyclic) bond motifs is 1. The second kappa shape index (κ2) is 4.99. The maximum atomic E-state index is 12.2. The Kier molecular flexibility index (Phi) is 3.40. The Labute approximate surface area is 127 Å². The third-order valence-corrected chi connectivity index (χ3v) is 4.58. The molecule has 3 heteroatoms. The second-order valence-electron chi connectivity index (χ2n) is 7.25. The molecule has 2 heterocycles. The van der Waals surface area contributed by atoms with Gasteiger partial charge in [0.05, 0.1) is 6.04 Å². The lowest BCUT2D eigenvalue weighted by Gasteiger charge is -2.31. The molecule has 0 aromatic heterocycles. The first-order valence-corrected chi connectivity index (χ1v) is 7.70. The van der Waals surface area contributed by atoms with Crippen LogP contribution in [-0.4, -0.2) is 16.8 Å². The zero-order valence-corrected chi connectivity index (χ0v) is 13.2. The number of nitrogens with zero attached hydrogens (tertiary/aromatic N) is 1. The van der Waals surface area contributed by atoms with Crippen molar-refractivity contribution >= 4 is 5.91 Å². The van der Waals surface area contributed by atoms with Gasteiger partial charge in [-0.25, -0.2) is 0 Å². The van der Waals surface area contributed by atoms with E-state index in [1.165, 1.54) is 16.7 Å². The van der Waals surface area contributed by atoms with Gasteiger partial charge >= 0.3 is 0 Å². The summed E-state index contributed by atoms with van der Waals surface area (Å²) >= 11 is 0. The van der Waals surface area contributed by atoms with Crippen molar-refractivity contribution in [1.82, 2.24) is 10.2 Å². The summed E-state index contributed by atoms with van der Waals surface area (Å²) < 4.78 is 0. The highest BCUT2D eigenvalue weighted by Crippen LogP contribution is 2.35. The van der Waals surface area contributed by atoms with Crippen LogP contribution in [0, 0.1) is 0 Å². The largest absolute Gasteiger partial charge is 0.329 e. The van der Waals surface area contributed by atoms with Crippen molar-refractivity contribution in [3.63, 3.8) is 0 Å². The van der Waals surface area contributed by atoms with E-state index in [2.05, 4.69) is 55.8 Å². The van der Waals surface area contributed by atoms with Crippen LogP contribution in [0.25, 0.3) is 0 Å². The van der Waals surface area contributed by atoms with Gasteiger partial charge in [-0.15, -0.1) is 0 Å². The van der Waals surface area contributed by atoms with Crippen molar-refractivity contribution in [2.45, 2.75) is 58.2 Å². The van der Waals surface area contributed by atoms with Crippen molar-refractivity contribution in [3.8, 4) is 0 Å². The molecule has 0 saturated carbocycles. The third-order valence-electron chi connectivity index (χ3n) is 4.58. The molecule has 112 valence electrons. The number of benzene rings is 1. The minimum Gasteiger partial charge on any atom is -0.329 e. The standard InChI is InChI=1S/C18H24N2O/c1-12-8-9-16(17(21)19-12)20-10-13-6-5-7-15(14(13)11-20)18(2,3)4/h5-7,16H,1,8-11H2,2-4H3,(H,19,21). The van der Waals surface area contributed by atoms with Crippen LogP contribution in [0.2, 0.25) is 0 Å². The van der Waals surface area contributed by atoms with Gasteiger partial charge in [-0.1, -0.05) is 45.5 Å². The zero-order valence-electron chi connectivity index (χ0n) is 13.2. The number of hydrogen-bond donors (Lipinski definition) is 1. The van der Waals surface area contributed by atoms with Crippen LogP contribution in [0.5, 0.6) is 0 Å². The molecule has 1 amide bonds. The van der Waals surface area contributed by atoms with E-state index in [1.807, 2.05) is 0 Å². The molecule has 1 aromatic rings. The van der Waals surface area contributed by atoms with E-state index in [9.17, 15) is 4.79 Å². The maximum Gasteiger partial charge on any atom is 0.241 e. The molecule has 1 unspecified atom stereocenters. The summed E-state index contributed by atoms with van der Waals surface area (Å²) in [6.45, 7) is 12.4. The minimum atomic E-state index is -0.0179. The van der Waals surface area contributed by atoms with E-state index in [0.29, 0.717) is 0 Å². The van der Waals surface area contributed by atoms with Crippen molar-refractivity contribution in [3.05, 3.63) is 47.2 Å². The molecule has 1 atom stereocenters. The van der Waals surface area contributed by atoms with Gasteiger partial charge in [-0.3, -0.25) is 9.69 Å². The van der Waals surface area contributed by atoms with Crippen LogP contribution in [0.1, 0.15) is 50.3 Å². The molecule has 2 aliphatic rings. The first kappa shape index (κ1) is 14.3. The summed E-state index contributed by atoms with van der Waals surface area (Å²) in [4.78, 5) is 14.5. The number of carbonyl (C=O) groups is 1. The van der Waals surface area contributed by atoms with Gasteiger partial charge in [-0.2, -0.15) is 0 Å². The van der Waals surface area contributed by atoms with Crippen LogP contribution < -0.4 is 5.32 Å². The second-order valence-corrected chi connectivity index (χ2v) is 7.25. The van der Waals surface area contributed by atoms with Gasteiger partial charge in [0.15, 0.2) is 0 Å². The molecule has 1 fully saturated rings. The smallest absolute Gasteiger partial charge is 0.241 e. The number of allylic oxidation sites excluding steroid dienone is 1. The molecular weight excluding hydrogens is 260 g/mol. The van der Waals surface area contributed by atoms with Gasteiger partial charge in [-0.05, 0) is 34.9 Å². The number of carbonyl (C=O) groups excluding carboxylic acids is 1. The van der Waals surface area contributed by atoms with Crippen molar-refractivity contribution in [1.29, 1.82) is 0 Å². The molecule has 1 aromatic carbocycles. The minimum absolute atomic E-state index is 0.0179. The number of hydrogen-bond acceptors (Lipinski definition) is 2. The van der Waals surface area contributed by atoms with E-state index < -0.39 is 0 Å². The molecule has 0 spiro atoms. The Morgan fingerprint density at radius 3 is 2.71 bits per heavy atom. The molecule has 0 bridgehead atoms. The summed E-state index contributed by atoms with van der Waals surface area (Å²) in [6, 6.07) is 6.55. The molecule has 2 aliphatic heterocycles. The van der Waals surface area contributed by atoms with Gasteiger partial charge in [0.2, 0.25) is 5.91 Å². The molecule has 1 saturated heterocycles. The van der Waals surface area contributed by atoms with E-state index in [1.54, 1.807) is 0 Å². The number of nitrogens with one attached hydrogen (secondary N) is 1. The van der Waals surface area contributed by atoms with E-state index >= 15 is 0 Å². The van der Waals surface area contributed by atoms with Crippen LogP contribution in [0.3, 0.4) is 0 Å². The van der Waals surface area contributed by atoms with E-state index in [0.717, 1.165) is 31.6 Å².